The van der Waals surface area contributed by atoms with E-state index in [0.717, 1.165) is 24.3 Å². The molecule has 0 aliphatic carbocycles. The maximum Gasteiger partial charge on any atom is 0.338 e. The van der Waals surface area contributed by atoms with Gasteiger partial charge in [-0.15, -0.1) is 22.7 Å². The number of anilines is 2. The molecule has 12 rings (SSSR count). The van der Waals surface area contributed by atoms with Crippen molar-refractivity contribution >= 4 is 93.3 Å². The molecule has 4 fully saturated rings. The van der Waals surface area contributed by atoms with Crippen molar-refractivity contribution < 1.29 is 66.0 Å². The molecule has 0 unspecified atom stereocenters. The number of carboxylic acid groups (broad SMARTS) is 2. The number of nitrogens with zero attached hydrogens (tertiary/aromatic N) is 10. The highest BCUT2D eigenvalue weighted by Gasteiger charge is 2.45. The number of piperazine rings is 2. The predicted molar refractivity (Wildman–Crippen MR) is 316 cm³/mol. The van der Waals surface area contributed by atoms with Gasteiger partial charge < -0.3 is 40.1 Å². The summed E-state index contributed by atoms with van der Waals surface area (Å²) in [5.74, 6) is -5.69. The van der Waals surface area contributed by atoms with Gasteiger partial charge in [-0.3, -0.25) is 29.6 Å². The van der Waals surface area contributed by atoms with Gasteiger partial charge in [-0.2, -0.15) is 0 Å². The number of halogens is 5. The van der Waals surface area contributed by atoms with Crippen molar-refractivity contribution in [1.82, 2.24) is 40.2 Å². The van der Waals surface area contributed by atoms with Gasteiger partial charge in [0, 0.05) is 116 Å². The fourth-order valence-electron chi connectivity index (χ4n) is 11.5. The molecule has 6 aromatic rings. The van der Waals surface area contributed by atoms with Gasteiger partial charge in [0.2, 0.25) is 0 Å². The van der Waals surface area contributed by atoms with Crippen LogP contribution in [0.25, 0.3) is 0 Å². The van der Waals surface area contributed by atoms with E-state index in [1.54, 1.807) is 46.6 Å². The van der Waals surface area contributed by atoms with Gasteiger partial charge >= 0.3 is 35.9 Å². The summed E-state index contributed by atoms with van der Waals surface area (Å²) in [5.41, 5.74) is 2.40. The number of thiazole rings is 2. The summed E-state index contributed by atoms with van der Waals surface area (Å²) in [6, 6.07) is 12.7. The Balaban J connectivity index is 0.000000182. The van der Waals surface area contributed by atoms with E-state index < -0.39 is 64.8 Å². The number of amides is 4. The van der Waals surface area contributed by atoms with Gasteiger partial charge in [-0.25, -0.2) is 56.3 Å². The Hall–Kier alpha value is -9.09. The zero-order chi connectivity index (χ0) is 62.2. The summed E-state index contributed by atoms with van der Waals surface area (Å²) < 4.78 is 68.2. The minimum Gasteiger partial charge on any atom is -0.478 e. The Bertz CT molecular complexity index is 3930. The summed E-state index contributed by atoms with van der Waals surface area (Å²) in [6.07, 6.45) is 3.28. The van der Waals surface area contributed by atoms with E-state index >= 15 is 0 Å². The molecule has 0 radical (unpaired) electrons. The topological polar surface area (TPSA) is 255 Å². The summed E-state index contributed by atoms with van der Waals surface area (Å²) in [4.78, 5) is 104. The molecular weight excluding hydrogens is 1210 g/mol. The van der Waals surface area contributed by atoms with Crippen molar-refractivity contribution in [2.75, 3.05) is 89.5 Å². The van der Waals surface area contributed by atoms with Crippen LogP contribution in [0.3, 0.4) is 0 Å². The fraction of sp³-hybridized carbons (Fsp3) is 0.288. The molecule has 6 aliphatic heterocycles. The molecular formula is C59H53ClF4N12O10S2. The lowest BCUT2D eigenvalue weighted by atomic mass is 9.92. The molecule has 8 heterocycles. The highest BCUT2D eigenvalue weighted by molar-refractivity contribution is 7.12. The van der Waals surface area contributed by atoms with E-state index in [1.165, 1.54) is 83.1 Å². The second kappa shape index (κ2) is 25.3. The highest BCUT2D eigenvalue weighted by Crippen LogP contribution is 2.39. The second-order valence-corrected chi connectivity index (χ2v) is 23.2. The first-order valence-electron chi connectivity index (χ1n) is 27.3. The molecule has 88 heavy (non-hydrogen) atoms. The number of carboxylic acids is 2. The Kier molecular flexibility index (Phi) is 17.4. The zero-order valence-electron chi connectivity index (χ0n) is 47.0. The quantitative estimate of drug-likeness (QED) is 0.0609. The van der Waals surface area contributed by atoms with E-state index in [9.17, 15) is 46.3 Å². The van der Waals surface area contributed by atoms with E-state index in [1.807, 2.05) is 5.38 Å². The molecule has 29 heteroatoms. The van der Waals surface area contributed by atoms with Crippen LogP contribution in [-0.4, -0.2) is 179 Å². The minimum atomic E-state index is -1.38. The molecule has 0 spiro atoms. The van der Waals surface area contributed by atoms with E-state index in [0.29, 0.717) is 89.0 Å². The SMILES string of the molecule is COC(=O)C1=C(CN2CCN3C(=O)N(c4ccc(C(=O)O)c(F)c4)C[C@@H]3C2)NC(c2nccs2)=N[C@H]1c1cccc(F)c1C.COC(=O)C1=C(CN2CCN3C(=O)N(c4ccc(C(=O)O)cc4F)C[C@@H]3C2)NC(c2nccs2)=N[C@H]1c1ccc(F)cc1Cl. The monoisotopic (exact) mass is 1260 g/mol. The van der Waals surface area contributed by atoms with E-state index in [2.05, 4.69) is 30.4 Å². The minimum absolute atomic E-state index is 0.00824. The number of hydrogen-bond acceptors (Lipinski definition) is 18. The fourth-order valence-corrected chi connectivity index (χ4v) is 13.0. The van der Waals surface area contributed by atoms with Gasteiger partial charge in [-0.05, 0) is 72.6 Å². The average molecular weight is 1270 g/mol. The van der Waals surface area contributed by atoms with Crippen LogP contribution in [0, 0.1) is 30.2 Å². The number of carbonyl (C=O) groups excluding carboxylic acids is 4. The standard InChI is InChI=1S/C30H28F2N6O5S.C29H25ClF2N6O5S/c1-16-19(4-3-5-21(16)31)25-24(29(41)43-2)23(34-26(35-25)27-33-8-11-44-27)15-36-9-10-37-18(13-36)14-38(30(37)42)17-6-7-20(28(39)40)22(32)12-17;1-43-28(41)23-21(34-25(26-33-6-9-44-26)35-24(23)18-4-3-16(31)11-19(18)30)14-36-7-8-37-17(12-36)13-38(29(37)42)22-5-2-15(27(39)40)10-20(22)32/h3-8,11-12,18,25H,9-10,13-15H2,1-2H3,(H,34,35)(H,39,40);2-6,9-11,17,24H,7-8,12-14H2,1H3,(H,34,35)(H,39,40)/t18-,25-;17-,24-/m00/s1. The largest absolute Gasteiger partial charge is 0.478 e. The number of amidine groups is 2. The van der Waals surface area contributed by atoms with Crippen LogP contribution in [0.4, 0.5) is 38.5 Å². The number of benzene rings is 4. The van der Waals surface area contributed by atoms with Crippen molar-refractivity contribution in [3.63, 3.8) is 0 Å². The lowest BCUT2D eigenvalue weighted by Crippen LogP contribution is -2.53. The lowest BCUT2D eigenvalue weighted by molar-refractivity contribution is -0.137. The third kappa shape index (κ3) is 12.0. The van der Waals surface area contributed by atoms with Crippen molar-refractivity contribution in [2.24, 2.45) is 9.98 Å². The highest BCUT2D eigenvalue weighted by atomic mass is 35.5. The van der Waals surface area contributed by atoms with Gasteiger partial charge in [-0.1, -0.05) is 29.8 Å². The first-order valence-corrected chi connectivity index (χ1v) is 29.4. The van der Waals surface area contributed by atoms with Crippen LogP contribution < -0.4 is 20.4 Å². The number of nitrogens with one attached hydrogen (secondary N) is 2. The Morgan fingerprint density at radius 3 is 1.73 bits per heavy atom. The smallest absolute Gasteiger partial charge is 0.338 e. The van der Waals surface area contributed by atoms with Crippen molar-refractivity contribution in [3.05, 3.63) is 185 Å². The molecule has 2 aromatic heterocycles. The number of fused-ring (bicyclic) bond motifs is 2. The van der Waals surface area contributed by atoms with Crippen LogP contribution in [0.2, 0.25) is 5.02 Å². The van der Waals surface area contributed by atoms with Gasteiger partial charge in [0.25, 0.3) is 0 Å². The molecule has 4 saturated heterocycles. The van der Waals surface area contributed by atoms with Crippen LogP contribution in [0.5, 0.6) is 0 Å². The summed E-state index contributed by atoms with van der Waals surface area (Å²) in [7, 11) is 2.54. The Morgan fingerprint density at radius 2 is 1.22 bits per heavy atom. The molecule has 4 N–H and O–H groups in total. The predicted octanol–water partition coefficient (Wildman–Crippen LogP) is 7.49. The first kappa shape index (κ1) is 60.6. The number of aliphatic imine (C=N–C) groups is 2. The molecule has 4 aromatic carbocycles. The summed E-state index contributed by atoms with van der Waals surface area (Å²) >= 11 is 9.16. The van der Waals surface area contributed by atoms with Gasteiger partial charge in [0.05, 0.1) is 54.3 Å². The normalized spacial score (nSPS) is 20.4. The average Bonchev–Trinajstić information content (AvgIpc) is 1.46. The van der Waals surface area contributed by atoms with Crippen molar-refractivity contribution in [3.8, 4) is 0 Å². The van der Waals surface area contributed by atoms with Crippen molar-refractivity contribution in [2.45, 2.75) is 31.1 Å². The third-order valence-electron chi connectivity index (χ3n) is 15.8. The van der Waals surface area contributed by atoms with Crippen molar-refractivity contribution in [1.29, 1.82) is 0 Å². The maximum absolute atomic E-state index is 14.8. The first-order chi connectivity index (χ1) is 42.3. The zero-order valence-corrected chi connectivity index (χ0v) is 49.3. The number of carbonyl (C=O) groups is 6. The third-order valence-corrected chi connectivity index (χ3v) is 17.7. The summed E-state index contributed by atoms with van der Waals surface area (Å²) in [5, 5.41) is 29.7. The van der Waals surface area contributed by atoms with E-state index in [4.69, 9.17) is 41.3 Å². The molecule has 4 atom stereocenters. The molecule has 6 aliphatic rings. The second-order valence-electron chi connectivity index (χ2n) is 21.0. The Morgan fingerprint density at radius 1 is 0.648 bits per heavy atom. The van der Waals surface area contributed by atoms with Crippen LogP contribution in [0.1, 0.15) is 59.5 Å². The number of aromatic nitrogens is 2. The molecule has 456 valence electrons. The molecule has 0 saturated carbocycles. The molecule has 22 nitrogen and oxygen atoms in total. The summed E-state index contributed by atoms with van der Waals surface area (Å²) in [6.45, 7) is 5.13. The van der Waals surface area contributed by atoms with Crippen LogP contribution in [0.15, 0.2) is 128 Å². The lowest BCUT2D eigenvalue weighted by Gasteiger charge is -2.38. The number of methoxy groups -OCH3 is 2. The van der Waals surface area contributed by atoms with E-state index in [-0.39, 0.29) is 83.4 Å². The maximum atomic E-state index is 14.8. The number of hydrogen-bond donors (Lipinski definition) is 4. The Labute approximate surface area is 512 Å². The van der Waals surface area contributed by atoms with Crippen LogP contribution in [-0.2, 0) is 19.1 Å². The number of ether oxygens (including phenoxy) is 2. The number of rotatable bonds is 14. The van der Waals surface area contributed by atoms with Gasteiger partial charge in [0.15, 0.2) is 21.7 Å². The molecule has 0 bridgehead atoms. The number of esters is 2. The number of aromatic carboxylic acids is 2. The van der Waals surface area contributed by atoms with Gasteiger partial charge in [0.1, 0.15) is 35.4 Å². The van der Waals surface area contributed by atoms with Crippen LogP contribution >= 0.6 is 34.3 Å². The number of urea groups is 2. The molecule has 4 amide bonds.